The van der Waals surface area contributed by atoms with Crippen LogP contribution in [0.5, 0.6) is 0 Å². The van der Waals surface area contributed by atoms with Crippen molar-refractivity contribution in [3.8, 4) is 6.07 Å². The fourth-order valence-electron chi connectivity index (χ4n) is 2.16. The molecular weight excluding hydrogens is 282 g/mol. The van der Waals surface area contributed by atoms with Crippen LogP contribution in [-0.2, 0) is 16.3 Å². The summed E-state index contributed by atoms with van der Waals surface area (Å²) in [4.78, 5) is 0.182. The van der Waals surface area contributed by atoms with E-state index in [0.717, 1.165) is 17.5 Å². The third-order valence-electron chi connectivity index (χ3n) is 3.44. The Labute approximate surface area is 125 Å². The summed E-state index contributed by atoms with van der Waals surface area (Å²) in [6.45, 7) is 3.89. The van der Waals surface area contributed by atoms with E-state index in [0.29, 0.717) is 5.56 Å². The zero-order valence-electron chi connectivity index (χ0n) is 12.1. The SMILES string of the molecule is CCc1cccc(C(C#N)S(=O)(=O)c2ccc(C)cc2)c1. The molecule has 0 aliphatic rings. The van der Waals surface area contributed by atoms with Crippen LogP contribution in [0.1, 0.15) is 28.9 Å². The summed E-state index contributed by atoms with van der Waals surface area (Å²) in [5.41, 5.74) is 2.53. The lowest BCUT2D eigenvalue weighted by Gasteiger charge is -2.12. The summed E-state index contributed by atoms with van der Waals surface area (Å²) in [5.74, 6) is 0. The molecule has 0 aliphatic carbocycles. The van der Waals surface area contributed by atoms with Gasteiger partial charge >= 0.3 is 0 Å². The van der Waals surface area contributed by atoms with Gasteiger partial charge in [0, 0.05) is 0 Å². The lowest BCUT2D eigenvalue weighted by atomic mass is 10.1. The van der Waals surface area contributed by atoms with Gasteiger partial charge in [0.25, 0.3) is 0 Å². The first-order valence-corrected chi connectivity index (χ1v) is 8.32. The van der Waals surface area contributed by atoms with Crippen LogP contribution in [0.15, 0.2) is 53.4 Å². The molecule has 0 aromatic heterocycles. The molecule has 2 aromatic rings. The van der Waals surface area contributed by atoms with E-state index in [1.165, 1.54) is 0 Å². The number of hydrogen-bond acceptors (Lipinski definition) is 3. The van der Waals surface area contributed by atoms with E-state index in [4.69, 9.17) is 0 Å². The monoisotopic (exact) mass is 299 g/mol. The molecule has 0 N–H and O–H groups in total. The highest BCUT2D eigenvalue weighted by molar-refractivity contribution is 7.92. The number of sulfone groups is 1. The molecular formula is C17H17NO2S. The van der Waals surface area contributed by atoms with Gasteiger partial charge in [-0.15, -0.1) is 0 Å². The number of rotatable bonds is 4. The van der Waals surface area contributed by atoms with E-state index >= 15 is 0 Å². The van der Waals surface area contributed by atoms with E-state index in [-0.39, 0.29) is 4.90 Å². The van der Waals surface area contributed by atoms with Crippen molar-refractivity contribution in [3.05, 3.63) is 65.2 Å². The van der Waals surface area contributed by atoms with E-state index in [1.807, 2.05) is 26.0 Å². The molecule has 0 radical (unpaired) electrons. The van der Waals surface area contributed by atoms with Crippen LogP contribution in [0.3, 0.4) is 0 Å². The summed E-state index contributed by atoms with van der Waals surface area (Å²) >= 11 is 0. The molecule has 1 unspecified atom stereocenters. The minimum absolute atomic E-state index is 0.182. The molecule has 0 heterocycles. The van der Waals surface area contributed by atoms with Crippen LogP contribution in [0, 0.1) is 18.3 Å². The molecule has 2 aromatic carbocycles. The standard InChI is InChI=1S/C17H17NO2S/c1-3-14-5-4-6-15(11-14)17(12-18)21(19,20)16-9-7-13(2)8-10-16/h4-11,17H,3H2,1-2H3. The third-order valence-corrected chi connectivity index (χ3v) is 5.37. The normalized spacial score (nSPS) is 12.6. The van der Waals surface area contributed by atoms with Gasteiger partial charge in [-0.05, 0) is 36.6 Å². The molecule has 0 bridgehead atoms. The summed E-state index contributed by atoms with van der Waals surface area (Å²) in [6.07, 6.45) is 0.802. The fraction of sp³-hybridized carbons (Fsp3) is 0.235. The Hall–Kier alpha value is -2.12. The van der Waals surface area contributed by atoms with Gasteiger partial charge in [0.2, 0.25) is 0 Å². The van der Waals surface area contributed by atoms with Crippen molar-refractivity contribution >= 4 is 9.84 Å². The molecule has 0 saturated carbocycles. The van der Waals surface area contributed by atoms with E-state index in [1.54, 1.807) is 42.5 Å². The highest BCUT2D eigenvalue weighted by atomic mass is 32.2. The lowest BCUT2D eigenvalue weighted by molar-refractivity contribution is 0.591. The quantitative estimate of drug-likeness (QED) is 0.866. The number of aryl methyl sites for hydroxylation is 2. The molecule has 2 rings (SSSR count). The number of hydrogen-bond donors (Lipinski definition) is 0. The predicted octanol–water partition coefficient (Wildman–Crippen LogP) is 3.60. The summed E-state index contributed by atoms with van der Waals surface area (Å²) in [5, 5.41) is 8.19. The number of benzene rings is 2. The van der Waals surface area contributed by atoms with Gasteiger partial charge < -0.3 is 0 Å². The van der Waals surface area contributed by atoms with Gasteiger partial charge in [-0.1, -0.05) is 48.9 Å². The first-order chi connectivity index (χ1) is 9.98. The molecule has 4 heteroatoms. The Balaban J connectivity index is 2.49. The average molecular weight is 299 g/mol. The molecule has 108 valence electrons. The lowest BCUT2D eigenvalue weighted by Crippen LogP contribution is -2.12. The second-order valence-electron chi connectivity index (χ2n) is 4.97. The largest absolute Gasteiger partial charge is 0.222 e. The van der Waals surface area contributed by atoms with Crippen LogP contribution >= 0.6 is 0 Å². The van der Waals surface area contributed by atoms with E-state index in [2.05, 4.69) is 0 Å². The maximum Gasteiger partial charge on any atom is 0.198 e. The average Bonchev–Trinajstić information content (AvgIpc) is 2.48. The van der Waals surface area contributed by atoms with Gasteiger partial charge in [-0.3, -0.25) is 0 Å². The molecule has 1 atom stereocenters. The second-order valence-corrected chi connectivity index (χ2v) is 7.00. The van der Waals surface area contributed by atoms with E-state index in [9.17, 15) is 13.7 Å². The van der Waals surface area contributed by atoms with Crippen LogP contribution in [0.2, 0.25) is 0 Å². The maximum absolute atomic E-state index is 12.7. The predicted molar refractivity (Wildman–Crippen MR) is 82.5 cm³/mol. The smallest absolute Gasteiger partial charge is 0.198 e. The first-order valence-electron chi connectivity index (χ1n) is 6.78. The Kier molecular flexibility index (Phi) is 4.44. The maximum atomic E-state index is 12.7. The summed E-state index contributed by atoms with van der Waals surface area (Å²) in [6, 6.07) is 15.7. The van der Waals surface area contributed by atoms with E-state index < -0.39 is 15.1 Å². The van der Waals surface area contributed by atoms with Gasteiger partial charge in [-0.25, -0.2) is 8.42 Å². The van der Waals surface area contributed by atoms with Crippen molar-refractivity contribution in [2.24, 2.45) is 0 Å². The van der Waals surface area contributed by atoms with Crippen molar-refractivity contribution in [1.82, 2.24) is 0 Å². The second kappa shape index (κ2) is 6.11. The topological polar surface area (TPSA) is 57.9 Å². The third kappa shape index (κ3) is 3.14. The van der Waals surface area contributed by atoms with Crippen LogP contribution in [0.25, 0.3) is 0 Å². The van der Waals surface area contributed by atoms with Gasteiger partial charge in [0.15, 0.2) is 15.1 Å². The Morgan fingerprint density at radius 1 is 1.14 bits per heavy atom. The minimum Gasteiger partial charge on any atom is -0.222 e. The van der Waals surface area contributed by atoms with Crippen LogP contribution in [-0.4, -0.2) is 8.42 Å². The number of nitriles is 1. The Morgan fingerprint density at radius 2 is 1.81 bits per heavy atom. The van der Waals surface area contributed by atoms with Crippen LogP contribution < -0.4 is 0 Å². The summed E-state index contributed by atoms with van der Waals surface area (Å²) < 4.78 is 25.3. The Bertz CT molecular complexity index is 771. The number of nitrogens with zero attached hydrogens (tertiary/aromatic N) is 1. The van der Waals surface area contributed by atoms with Crippen molar-refractivity contribution < 1.29 is 8.42 Å². The van der Waals surface area contributed by atoms with Crippen molar-refractivity contribution in [3.63, 3.8) is 0 Å². The molecule has 0 fully saturated rings. The zero-order valence-corrected chi connectivity index (χ0v) is 12.9. The molecule has 21 heavy (non-hydrogen) atoms. The Morgan fingerprint density at radius 3 is 2.38 bits per heavy atom. The van der Waals surface area contributed by atoms with Crippen molar-refractivity contribution in [1.29, 1.82) is 5.26 Å². The first kappa shape index (κ1) is 15.3. The van der Waals surface area contributed by atoms with Crippen molar-refractivity contribution in [2.45, 2.75) is 30.4 Å². The zero-order chi connectivity index (χ0) is 15.5. The van der Waals surface area contributed by atoms with Gasteiger partial charge in [0.05, 0.1) is 11.0 Å². The minimum atomic E-state index is -3.71. The highest BCUT2D eigenvalue weighted by Gasteiger charge is 2.29. The highest BCUT2D eigenvalue weighted by Crippen LogP contribution is 2.29. The summed E-state index contributed by atoms with van der Waals surface area (Å²) in [7, 11) is -3.71. The van der Waals surface area contributed by atoms with Crippen LogP contribution in [0.4, 0.5) is 0 Å². The molecule has 0 amide bonds. The molecule has 3 nitrogen and oxygen atoms in total. The molecule has 0 spiro atoms. The fourth-order valence-corrected chi connectivity index (χ4v) is 3.59. The van der Waals surface area contributed by atoms with Gasteiger partial charge in [-0.2, -0.15) is 5.26 Å². The van der Waals surface area contributed by atoms with Gasteiger partial charge in [0.1, 0.15) is 0 Å². The molecule has 0 saturated heterocycles. The molecule has 0 aliphatic heterocycles. The van der Waals surface area contributed by atoms with Crippen molar-refractivity contribution in [2.75, 3.05) is 0 Å².